The van der Waals surface area contributed by atoms with E-state index in [4.69, 9.17) is 0 Å². The number of fused-ring (bicyclic) bond motifs is 1. The third-order valence-electron chi connectivity index (χ3n) is 4.30. The number of amides is 1. The van der Waals surface area contributed by atoms with Crippen molar-refractivity contribution in [3.05, 3.63) is 35.4 Å². The van der Waals surface area contributed by atoms with Gasteiger partial charge < -0.3 is 10.6 Å². The van der Waals surface area contributed by atoms with E-state index in [0.29, 0.717) is 12.6 Å². The number of carbonyl (C=O) groups excluding carboxylic acids is 1. The molecule has 3 nitrogen and oxygen atoms in total. The van der Waals surface area contributed by atoms with Crippen molar-refractivity contribution in [2.45, 2.75) is 44.6 Å². The van der Waals surface area contributed by atoms with Crippen LogP contribution in [0.1, 0.15) is 37.8 Å². The Morgan fingerprint density at radius 1 is 1.40 bits per heavy atom. The smallest absolute Gasteiger partial charge is 0.230 e. The molecule has 2 rings (SSSR count). The Kier molecular flexibility index (Phi) is 6.03. The Hall–Kier alpha value is -1.06. The quantitative estimate of drug-likeness (QED) is 0.896. The average Bonchev–Trinajstić information content (AvgIpc) is 2.44. The maximum absolute atomic E-state index is 12.6. The normalized spacial score (nSPS) is 22.4. The average molecular weight is 297 g/mol. The van der Waals surface area contributed by atoms with Crippen LogP contribution >= 0.6 is 12.4 Å². The summed E-state index contributed by atoms with van der Waals surface area (Å²) in [5.41, 5.74) is 2.16. The number of benzene rings is 1. The molecule has 0 aromatic heterocycles. The Labute approximate surface area is 127 Å². The van der Waals surface area contributed by atoms with E-state index >= 15 is 0 Å². The highest BCUT2D eigenvalue weighted by atomic mass is 35.5. The number of rotatable bonds is 4. The molecule has 2 N–H and O–H groups in total. The number of aryl methyl sites for hydroxylation is 1. The molecular weight excluding hydrogens is 272 g/mol. The third kappa shape index (κ3) is 3.33. The summed E-state index contributed by atoms with van der Waals surface area (Å²) in [7, 11) is 1.91. The van der Waals surface area contributed by atoms with Gasteiger partial charge in [-0.1, -0.05) is 24.3 Å². The SMILES string of the molecule is CNC(C)CNC(=O)C1(C)CCCc2ccccc21.Cl. The van der Waals surface area contributed by atoms with Crippen LogP contribution in [-0.2, 0) is 16.6 Å². The summed E-state index contributed by atoms with van der Waals surface area (Å²) < 4.78 is 0. The minimum atomic E-state index is -0.373. The monoisotopic (exact) mass is 296 g/mol. The summed E-state index contributed by atoms with van der Waals surface area (Å²) in [6.45, 7) is 4.81. The summed E-state index contributed by atoms with van der Waals surface area (Å²) in [6, 6.07) is 8.65. The zero-order valence-corrected chi connectivity index (χ0v) is 13.3. The van der Waals surface area contributed by atoms with Crippen LogP contribution in [0.5, 0.6) is 0 Å². The van der Waals surface area contributed by atoms with E-state index in [1.165, 1.54) is 11.1 Å². The second-order valence-corrected chi connectivity index (χ2v) is 5.74. The van der Waals surface area contributed by atoms with Crippen LogP contribution < -0.4 is 10.6 Å². The molecule has 1 aliphatic rings. The van der Waals surface area contributed by atoms with Gasteiger partial charge in [0.1, 0.15) is 0 Å². The van der Waals surface area contributed by atoms with Gasteiger partial charge in [-0.25, -0.2) is 0 Å². The molecule has 4 heteroatoms. The van der Waals surface area contributed by atoms with E-state index in [-0.39, 0.29) is 23.7 Å². The molecule has 112 valence electrons. The largest absolute Gasteiger partial charge is 0.354 e. The zero-order chi connectivity index (χ0) is 13.9. The number of nitrogens with one attached hydrogen (secondary N) is 2. The Bertz CT molecular complexity index is 464. The van der Waals surface area contributed by atoms with Crippen molar-refractivity contribution in [3.8, 4) is 0 Å². The van der Waals surface area contributed by atoms with E-state index in [2.05, 4.69) is 42.7 Å². The molecule has 0 heterocycles. The van der Waals surface area contributed by atoms with Gasteiger partial charge >= 0.3 is 0 Å². The number of likely N-dealkylation sites (N-methyl/N-ethyl adjacent to an activating group) is 1. The molecule has 0 saturated heterocycles. The molecular formula is C16H25ClN2O. The number of halogens is 1. The van der Waals surface area contributed by atoms with Gasteiger partial charge in [0, 0.05) is 12.6 Å². The van der Waals surface area contributed by atoms with Gasteiger partial charge in [0.2, 0.25) is 5.91 Å². The molecule has 1 amide bonds. The van der Waals surface area contributed by atoms with Gasteiger partial charge in [0.15, 0.2) is 0 Å². The number of carbonyl (C=O) groups is 1. The van der Waals surface area contributed by atoms with Crippen LogP contribution in [-0.4, -0.2) is 25.5 Å². The maximum Gasteiger partial charge on any atom is 0.230 e. The Morgan fingerprint density at radius 2 is 2.10 bits per heavy atom. The van der Waals surface area contributed by atoms with Crippen LogP contribution in [0.25, 0.3) is 0 Å². The second-order valence-electron chi connectivity index (χ2n) is 5.74. The fourth-order valence-corrected chi connectivity index (χ4v) is 2.82. The topological polar surface area (TPSA) is 41.1 Å². The maximum atomic E-state index is 12.6. The first-order valence-corrected chi connectivity index (χ1v) is 7.12. The molecule has 0 radical (unpaired) electrons. The van der Waals surface area contributed by atoms with E-state index in [1.807, 2.05) is 13.1 Å². The lowest BCUT2D eigenvalue weighted by molar-refractivity contribution is -0.126. The summed E-state index contributed by atoms with van der Waals surface area (Å²) >= 11 is 0. The van der Waals surface area contributed by atoms with Crippen molar-refractivity contribution >= 4 is 18.3 Å². The number of hydrogen-bond donors (Lipinski definition) is 2. The predicted octanol–water partition coefficient (Wildman–Crippen LogP) is 2.43. The first-order valence-electron chi connectivity index (χ1n) is 7.12. The standard InChI is InChI=1S/C16H24N2O.ClH/c1-12(17-3)11-18-15(19)16(2)10-6-8-13-7-4-5-9-14(13)16;/h4-5,7,9,12,17H,6,8,10-11H2,1-3H3,(H,18,19);1H. The van der Waals surface area contributed by atoms with Crippen molar-refractivity contribution in [1.29, 1.82) is 0 Å². The van der Waals surface area contributed by atoms with Gasteiger partial charge in [-0.05, 0) is 51.3 Å². The summed E-state index contributed by atoms with van der Waals surface area (Å²) in [6.07, 6.45) is 3.11. The predicted molar refractivity (Wildman–Crippen MR) is 85.5 cm³/mol. The van der Waals surface area contributed by atoms with Crippen molar-refractivity contribution < 1.29 is 4.79 Å². The lowest BCUT2D eigenvalue weighted by atomic mass is 9.70. The van der Waals surface area contributed by atoms with E-state index in [0.717, 1.165) is 19.3 Å². The van der Waals surface area contributed by atoms with E-state index in [9.17, 15) is 4.79 Å². The molecule has 0 aliphatic heterocycles. The first-order chi connectivity index (χ1) is 9.08. The van der Waals surface area contributed by atoms with Gasteiger partial charge in [-0.3, -0.25) is 4.79 Å². The van der Waals surface area contributed by atoms with Crippen molar-refractivity contribution in [2.24, 2.45) is 0 Å². The minimum absolute atomic E-state index is 0. The van der Waals surface area contributed by atoms with Crippen LogP contribution in [0, 0.1) is 0 Å². The lowest BCUT2D eigenvalue weighted by Crippen LogP contribution is -2.47. The molecule has 2 atom stereocenters. The number of hydrogen-bond acceptors (Lipinski definition) is 2. The lowest BCUT2D eigenvalue weighted by Gasteiger charge is -2.35. The van der Waals surface area contributed by atoms with Crippen LogP contribution in [0.15, 0.2) is 24.3 Å². The van der Waals surface area contributed by atoms with Crippen LogP contribution in [0.3, 0.4) is 0 Å². The highest BCUT2D eigenvalue weighted by Crippen LogP contribution is 2.37. The van der Waals surface area contributed by atoms with Gasteiger partial charge in [-0.15, -0.1) is 12.4 Å². The van der Waals surface area contributed by atoms with Crippen molar-refractivity contribution in [1.82, 2.24) is 10.6 Å². The van der Waals surface area contributed by atoms with Crippen LogP contribution in [0.2, 0.25) is 0 Å². The summed E-state index contributed by atoms with van der Waals surface area (Å²) in [5, 5.41) is 6.22. The van der Waals surface area contributed by atoms with Gasteiger partial charge in [0.05, 0.1) is 5.41 Å². The molecule has 0 saturated carbocycles. The fraction of sp³-hybridized carbons (Fsp3) is 0.562. The van der Waals surface area contributed by atoms with Gasteiger partial charge in [-0.2, -0.15) is 0 Å². The van der Waals surface area contributed by atoms with E-state index in [1.54, 1.807) is 0 Å². The highest BCUT2D eigenvalue weighted by molar-refractivity contribution is 5.88. The molecule has 1 aromatic rings. The first kappa shape index (κ1) is 17.0. The highest BCUT2D eigenvalue weighted by Gasteiger charge is 2.38. The molecule has 1 aliphatic carbocycles. The minimum Gasteiger partial charge on any atom is -0.354 e. The molecule has 0 fully saturated rings. The second kappa shape index (κ2) is 7.09. The Morgan fingerprint density at radius 3 is 2.80 bits per heavy atom. The molecule has 20 heavy (non-hydrogen) atoms. The summed E-state index contributed by atoms with van der Waals surface area (Å²) in [5.74, 6) is 0.154. The molecule has 1 aromatic carbocycles. The summed E-state index contributed by atoms with van der Waals surface area (Å²) in [4.78, 5) is 12.6. The molecule has 0 bridgehead atoms. The third-order valence-corrected chi connectivity index (χ3v) is 4.30. The Balaban J connectivity index is 0.00000200. The van der Waals surface area contributed by atoms with Crippen molar-refractivity contribution in [2.75, 3.05) is 13.6 Å². The molecule has 0 spiro atoms. The van der Waals surface area contributed by atoms with Crippen LogP contribution in [0.4, 0.5) is 0 Å². The zero-order valence-electron chi connectivity index (χ0n) is 12.5. The fourth-order valence-electron chi connectivity index (χ4n) is 2.82. The van der Waals surface area contributed by atoms with Gasteiger partial charge in [0.25, 0.3) is 0 Å². The van der Waals surface area contributed by atoms with Crippen molar-refractivity contribution in [3.63, 3.8) is 0 Å². The molecule has 2 unspecified atom stereocenters. The van der Waals surface area contributed by atoms with E-state index < -0.39 is 0 Å².